The lowest BCUT2D eigenvalue weighted by Gasteiger charge is -2.18. The summed E-state index contributed by atoms with van der Waals surface area (Å²) in [5.41, 5.74) is 0.596. The largest absolute Gasteiger partial charge is 0.466 e. The molecule has 1 aliphatic rings. The van der Waals surface area contributed by atoms with Crippen LogP contribution in [0.25, 0.3) is 0 Å². The van der Waals surface area contributed by atoms with Crippen molar-refractivity contribution in [3.63, 3.8) is 0 Å². The molecule has 1 heterocycles. The van der Waals surface area contributed by atoms with Gasteiger partial charge in [0.2, 0.25) is 0 Å². The molecule has 19 heavy (non-hydrogen) atoms. The first-order valence-electron chi connectivity index (χ1n) is 5.41. The molecule has 1 aliphatic heterocycles. The van der Waals surface area contributed by atoms with Gasteiger partial charge in [0.25, 0.3) is 5.91 Å². The van der Waals surface area contributed by atoms with Crippen LogP contribution in [0.15, 0.2) is 36.3 Å². The van der Waals surface area contributed by atoms with Crippen LogP contribution in [0.1, 0.15) is 6.42 Å². The van der Waals surface area contributed by atoms with E-state index in [0.717, 1.165) is 12.2 Å². The predicted molar refractivity (Wildman–Crippen MR) is 65.2 cm³/mol. The minimum absolute atomic E-state index is 0.0732. The summed E-state index contributed by atoms with van der Waals surface area (Å²) < 4.78 is 9.15. The maximum absolute atomic E-state index is 11.2. The number of carbonyl (C=O) groups is 3. The SMILES string of the molecule is C=C1NC(=O)C=C(CCOC(=O)/C=C/C(=O)OC)N1. The lowest BCUT2D eigenvalue weighted by molar-refractivity contribution is -0.139. The topological polar surface area (TPSA) is 93.7 Å². The Morgan fingerprint density at radius 2 is 2.00 bits per heavy atom. The van der Waals surface area contributed by atoms with Gasteiger partial charge in [-0.3, -0.25) is 4.79 Å². The van der Waals surface area contributed by atoms with E-state index in [4.69, 9.17) is 4.74 Å². The van der Waals surface area contributed by atoms with E-state index in [9.17, 15) is 14.4 Å². The van der Waals surface area contributed by atoms with Gasteiger partial charge in [-0.15, -0.1) is 0 Å². The van der Waals surface area contributed by atoms with Crippen LogP contribution < -0.4 is 10.6 Å². The minimum atomic E-state index is -0.662. The molecule has 7 nitrogen and oxygen atoms in total. The Bertz CT molecular complexity index is 465. The summed E-state index contributed by atoms with van der Waals surface area (Å²) in [4.78, 5) is 33.0. The molecular formula is C12H14N2O5. The fraction of sp³-hybridized carbons (Fsp3) is 0.250. The van der Waals surface area contributed by atoms with Crippen LogP contribution in [0, 0.1) is 0 Å². The lowest BCUT2D eigenvalue weighted by Crippen LogP contribution is -2.35. The first-order chi connectivity index (χ1) is 9.01. The third kappa shape index (κ3) is 5.53. The van der Waals surface area contributed by atoms with Crippen LogP contribution in [0.2, 0.25) is 0 Å². The molecule has 0 aromatic heterocycles. The monoisotopic (exact) mass is 266 g/mol. The first kappa shape index (κ1) is 14.5. The van der Waals surface area contributed by atoms with E-state index in [1.807, 2.05) is 0 Å². The molecule has 1 rings (SSSR count). The second kappa shape index (κ2) is 7.00. The standard InChI is InChI=1S/C12H14N2O5/c1-8-13-9(7-10(15)14-8)5-6-19-12(17)4-3-11(16)18-2/h3-4,7,13H,1,5-6H2,2H3,(H,14,15)/b4-3+. The van der Waals surface area contributed by atoms with Gasteiger partial charge in [-0.1, -0.05) is 6.58 Å². The lowest BCUT2D eigenvalue weighted by atomic mass is 10.2. The van der Waals surface area contributed by atoms with Crippen molar-refractivity contribution < 1.29 is 23.9 Å². The third-order valence-electron chi connectivity index (χ3n) is 2.06. The fourth-order valence-electron chi connectivity index (χ4n) is 1.25. The Morgan fingerprint density at radius 1 is 1.32 bits per heavy atom. The maximum atomic E-state index is 11.2. The molecule has 7 heteroatoms. The highest BCUT2D eigenvalue weighted by molar-refractivity contribution is 5.91. The van der Waals surface area contributed by atoms with Crippen molar-refractivity contribution in [3.05, 3.63) is 36.3 Å². The summed E-state index contributed by atoms with van der Waals surface area (Å²) in [6.07, 6.45) is 3.63. The third-order valence-corrected chi connectivity index (χ3v) is 2.06. The van der Waals surface area contributed by atoms with Crippen LogP contribution in [0.3, 0.4) is 0 Å². The highest BCUT2D eigenvalue weighted by Crippen LogP contribution is 2.04. The van der Waals surface area contributed by atoms with Gasteiger partial charge in [-0.05, 0) is 0 Å². The average Bonchev–Trinajstić information content (AvgIpc) is 2.34. The maximum Gasteiger partial charge on any atom is 0.331 e. The van der Waals surface area contributed by atoms with Crippen LogP contribution >= 0.6 is 0 Å². The van der Waals surface area contributed by atoms with E-state index in [1.165, 1.54) is 13.2 Å². The van der Waals surface area contributed by atoms with Gasteiger partial charge in [0.05, 0.1) is 13.7 Å². The van der Waals surface area contributed by atoms with Crippen molar-refractivity contribution in [1.29, 1.82) is 0 Å². The van der Waals surface area contributed by atoms with Crippen molar-refractivity contribution in [1.82, 2.24) is 10.6 Å². The molecule has 0 saturated carbocycles. The van der Waals surface area contributed by atoms with E-state index in [-0.39, 0.29) is 12.5 Å². The summed E-state index contributed by atoms with van der Waals surface area (Å²) in [6.45, 7) is 3.64. The van der Waals surface area contributed by atoms with E-state index < -0.39 is 11.9 Å². The molecule has 2 N–H and O–H groups in total. The summed E-state index contributed by atoms with van der Waals surface area (Å²) in [7, 11) is 1.21. The zero-order valence-corrected chi connectivity index (χ0v) is 10.4. The molecule has 0 atom stereocenters. The average molecular weight is 266 g/mol. The number of nitrogens with one attached hydrogen (secondary N) is 2. The number of amides is 1. The quantitative estimate of drug-likeness (QED) is 0.525. The van der Waals surface area contributed by atoms with Gasteiger partial charge >= 0.3 is 11.9 Å². The number of carbonyl (C=O) groups excluding carboxylic acids is 3. The molecule has 1 amide bonds. The molecule has 0 aromatic carbocycles. The Balaban J connectivity index is 2.32. The van der Waals surface area contributed by atoms with Crippen molar-refractivity contribution in [2.24, 2.45) is 0 Å². The van der Waals surface area contributed by atoms with E-state index in [2.05, 4.69) is 21.9 Å². The van der Waals surface area contributed by atoms with E-state index in [0.29, 0.717) is 17.9 Å². The van der Waals surface area contributed by atoms with E-state index >= 15 is 0 Å². The molecule has 0 radical (unpaired) electrons. The van der Waals surface area contributed by atoms with Crippen LogP contribution in [0.5, 0.6) is 0 Å². The fourth-order valence-corrected chi connectivity index (χ4v) is 1.25. The van der Waals surface area contributed by atoms with Crippen molar-refractivity contribution in [2.45, 2.75) is 6.42 Å². The van der Waals surface area contributed by atoms with Gasteiger partial charge < -0.3 is 20.1 Å². The Hall–Kier alpha value is -2.57. The second-order valence-electron chi connectivity index (χ2n) is 3.54. The number of hydrogen-bond acceptors (Lipinski definition) is 6. The molecule has 0 unspecified atom stereocenters. The van der Waals surface area contributed by atoms with Gasteiger partial charge in [0.1, 0.15) is 5.82 Å². The highest BCUT2D eigenvalue weighted by Gasteiger charge is 2.11. The van der Waals surface area contributed by atoms with Gasteiger partial charge in [0.15, 0.2) is 0 Å². The predicted octanol–water partition coefficient (Wildman–Crippen LogP) is -0.277. The first-order valence-corrected chi connectivity index (χ1v) is 5.41. The Morgan fingerprint density at radius 3 is 2.63 bits per heavy atom. The van der Waals surface area contributed by atoms with Crippen LogP contribution in [-0.2, 0) is 23.9 Å². The molecular weight excluding hydrogens is 252 g/mol. The van der Waals surface area contributed by atoms with Crippen LogP contribution in [-0.4, -0.2) is 31.6 Å². The van der Waals surface area contributed by atoms with Crippen molar-refractivity contribution >= 4 is 17.8 Å². The normalized spacial score (nSPS) is 14.5. The van der Waals surface area contributed by atoms with Crippen molar-refractivity contribution in [3.8, 4) is 0 Å². The summed E-state index contributed by atoms with van der Waals surface area (Å²) in [5.74, 6) is -1.21. The number of ether oxygens (including phenoxy) is 2. The zero-order valence-electron chi connectivity index (χ0n) is 10.4. The molecule has 0 spiro atoms. The summed E-state index contributed by atoms with van der Waals surface area (Å²) in [6, 6.07) is 0. The van der Waals surface area contributed by atoms with Gasteiger partial charge in [-0.25, -0.2) is 9.59 Å². The summed E-state index contributed by atoms with van der Waals surface area (Å²) >= 11 is 0. The number of rotatable bonds is 5. The van der Waals surface area contributed by atoms with Crippen LogP contribution in [0.4, 0.5) is 0 Å². The number of methoxy groups -OCH3 is 1. The summed E-state index contributed by atoms with van der Waals surface area (Å²) in [5, 5.41) is 5.29. The van der Waals surface area contributed by atoms with Crippen molar-refractivity contribution in [2.75, 3.05) is 13.7 Å². The highest BCUT2D eigenvalue weighted by atomic mass is 16.5. The second-order valence-corrected chi connectivity index (χ2v) is 3.54. The Labute approximate surface area is 109 Å². The Kier molecular flexibility index (Phi) is 5.34. The smallest absolute Gasteiger partial charge is 0.331 e. The van der Waals surface area contributed by atoms with Gasteiger partial charge in [-0.2, -0.15) is 0 Å². The number of hydrogen-bond donors (Lipinski definition) is 2. The van der Waals surface area contributed by atoms with Gasteiger partial charge in [0, 0.05) is 30.3 Å². The number of esters is 2. The molecule has 102 valence electrons. The molecule has 0 aromatic rings. The molecule has 0 saturated heterocycles. The minimum Gasteiger partial charge on any atom is -0.466 e. The molecule has 0 bridgehead atoms. The molecule has 0 aliphatic carbocycles. The van der Waals surface area contributed by atoms with E-state index in [1.54, 1.807) is 0 Å². The zero-order chi connectivity index (χ0) is 14.3. The molecule has 0 fully saturated rings.